The van der Waals surface area contributed by atoms with E-state index in [1.807, 2.05) is 36.2 Å². The second kappa shape index (κ2) is 12.4. The van der Waals surface area contributed by atoms with Gasteiger partial charge >= 0.3 is 11.9 Å². The number of fused-ring (bicyclic) bond motifs is 1. The average molecular weight is 515 g/mol. The van der Waals surface area contributed by atoms with E-state index in [1.54, 1.807) is 26.8 Å². The van der Waals surface area contributed by atoms with Gasteiger partial charge in [0.1, 0.15) is 17.8 Å². The molecule has 2 amide bonds. The molecule has 0 spiro atoms. The standard InChI is InChI=1S/C25H30N4O6S/c1-5-34-22(30)12-9-19(25(33)35-6-2)28-24(32)20-10-11-21(36-20)29(4)14-16-7-8-18-17(13-16)23(31)27-15(3)26-18/h7-8,10-11,13,17,19H,5-6,9,12,14H2,1-4H3,(H,28,32)/t17?,19-/m0/s1. The minimum Gasteiger partial charge on any atom is -0.466 e. The highest BCUT2D eigenvalue weighted by molar-refractivity contribution is 7.18. The Balaban J connectivity index is 1.62. The lowest BCUT2D eigenvalue weighted by molar-refractivity contribution is -0.146. The predicted octanol–water partition coefficient (Wildman–Crippen LogP) is 2.70. The molecule has 1 aliphatic carbocycles. The molecule has 1 aromatic heterocycles. The van der Waals surface area contributed by atoms with Gasteiger partial charge in [0.05, 0.1) is 28.8 Å². The van der Waals surface area contributed by atoms with Gasteiger partial charge in [0.2, 0.25) is 0 Å². The molecular formula is C25H30N4O6S. The number of nitrogens with zero attached hydrogens (tertiary/aromatic N) is 3. The Kier molecular flexibility index (Phi) is 9.29. The summed E-state index contributed by atoms with van der Waals surface area (Å²) in [6.45, 7) is 5.99. The molecule has 36 heavy (non-hydrogen) atoms. The third-order valence-corrected chi connectivity index (χ3v) is 6.63. The number of thiophene rings is 1. The van der Waals surface area contributed by atoms with Gasteiger partial charge in [0.15, 0.2) is 0 Å². The number of hydrogen-bond donors (Lipinski definition) is 1. The molecule has 0 bridgehead atoms. The van der Waals surface area contributed by atoms with Crippen LogP contribution in [0, 0.1) is 5.92 Å². The topological polar surface area (TPSA) is 127 Å². The van der Waals surface area contributed by atoms with Crippen LogP contribution in [-0.2, 0) is 23.9 Å². The van der Waals surface area contributed by atoms with Crippen molar-refractivity contribution in [3.63, 3.8) is 0 Å². The number of ether oxygens (including phenoxy) is 2. The molecule has 2 heterocycles. The van der Waals surface area contributed by atoms with E-state index in [1.165, 1.54) is 11.3 Å². The molecule has 3 rings (SSSR count). The predicted molar refractivity (Wildman–Crippen MR) is 138 cm³/mol. The van der Waals surface area contributed by atoms with Gasteiger partial charge < -0.3 is 19.7 Å². The minimum atomic E-state index is -0.960. The zero-order valence-corrected chi connectivity index (χ0v) is 21.6. The maximum Gasteiger partial charge on any atom is 0.328 e. The van der Waals surface area contributed by atoms with E-state index in [4.69, 9.17) is 9.47 Å². The summed E-state index contributed by atoms with van der Waals surface area (Å²) in [4.78, 5) is 59.8. The zero-order chi connectivity index (χ0) is 26.2. The van der Waals surface area contributed by atoms with Crippen LogP contribution >= 0.6 is 11.3 Å². The Morgan fingerprint density at radius 1 is 1.14 bits per heavy atom. The third kappa shape index (κ3) is 6.97. The van der Waals surface area contributed by atoms with Gasteiger partial charge in [-0.15, -0.1) is 11.3 Å². The zero-order valence-electron chi connectivity index (χ0n) is 20.8. The van der Waals surface area contributed by atoms with Crippen LogP contribution in [0.1, 0.15) is 43.3 Å². The molecule has 192 valence electrons. The Labute approximate surface area is 213 Å². The molecule has 11 heteroatoms. The molecular weight excluding hydrogens is 484 g/mol. The van der Waals surface area contributed by atoms with Gasteiger partial charge in [-0.1, -0.05) is 12.2 Å². The Morgan fingerprint density at radius 2 is 1.89 bits per heavy atom. The SMILES string of the molecule is CCOC(=O)CC[C@H](NC(=O)c1ccc(N(C)CC2=CC3C(=O)N=C(C)N=C3C=C2)s1)C(=O)OCC. The van der Waals surface area contributed by atoms with Crippen LogP contribution in [0.3, 0.4) is 0 Å². The van der Waals surface area contributed by atoms with Crippen LogP contribution in [-0.4, -0.2) is 68.1 Å². The van der Waals surface area contributed by atoms with Crippen LogP contribution < -0.4 is 10.2 Å². The molecule has 1 aliphatic heterocycles. The number of rotatable bonds is 11. The number of amides is 2. The summed E-state index contributed by atoms with van der Waals surface area (Å²) in [6.07, 6.45) is 5.69. The molecule has 0 radical (unpaired) electrons. The molecule has 1 aromatic rings. The van der Waals surface area contributed by atoms with Crippen molar-refractivity contribution >= 4 is 51.6 Å². The maximum absolute atomic E-state index is 12.9. The van der Waals surface area contributed by atoms with Gasteiger partial charge in [-0.05, 0) is 51.0 Å². The number of anilines is 1. The van der Waals surface area contributed by atoms with Gasteiger partial charge in [-0.25, -0.2) is 9.79 Å². The normalized spacial score (nSPS) is 17.3. The Hall–Kier alpha value is -3.60. The molecule has 0 fully saturated rings. The lowest BCUT2D eigenvalue weighted by atomic mass is 9.92. The van der Waals surface area contributed by atoms with Crippen LogP contribution in [0.15, 0.2) is 45.9 Å². The lowest BCUT2D eigenvalue weighted by Gasteiger charge is -2.23. The first-order valence-corrected chi connectivity index (χ1v) is 12.5. The van der Waals surface area contributed by atoms with Crippen LogP contribution in [0.2, 0.25) is 0 Å². The van der Waals surface area contributed by atoms with Crippen LogP contribution in [0.25, 0.3) is 0 Å². The summed E-state index contributed by atoms with van der Waals surface area (Å²) < 4.78 is 9.95. The van der Waals surface area contributed by atoms with Crippen molar-refractivity contribution in [2.45, 2.75) is 39.7 Å². The number of carbonyl (C=O) groups is 4. The molecule has 0 saturated carbocycles. The fraction of sp³-hybridized carbons (Fsp3) is 0.440. The lowest BCUT2D eigenvalue weighted by Crippen LogP contribution is -2.42. The van der Waals surface area contributed by atoms with E-state index in [9.17, 15) is 19.2 Å². The van der Waals surface area contributed by atoms with Gasteiger partial charge in [0.25, 0.3) is 11.8 Å². The van der Waals surface area contributed by atoms with Crippen LogP contribution in [0.4, 0.5) is 5.00 Å². The fourth-order valence-electron chi connectivity index (χ4n) is 3.73. The average Bonchev–Trinajstić information content (AvgIpc) is 3.33. The van der Waals surface area contributed by atoms with E-state index in [2.05, 4.69) is 15.3 Å². The molecule has 1 unspecified atom stereocenters. The quantitative estimate of drug-likeness (QED) is 0.450. The number of allylic oxidation sites excluding steroid dienone is 1. The van der Waals surface area contributed by atoms with Crippen molar-refractivity contribution in [1.82, 2.24) is 5.32 Å². The van der Waals surface area contributed by atoms with Crippen molar-refractivity contribution < 1.29 is 28.7 Å². The summed E-state index contributed by atoms with van der Waals surface area (Å²) in [5.41, 5.74) is 1.62. The van der Waals surface area contributed by atoms with Crippen molar-refractivity contribution in [3.8, 4) is 0 Å². The number of amidine groups is 1. The highest BCUT2D eigenvalue weighted by Crippen LogP contribution is 2.27. The third-order valence-electron chi connectivity index (χ3n) is 5.43. The molecule has 1 N–H and O–H groups in total. The number of esters is 2. The second-order valence-electron chi connectivity index (χ2n) is 8.20. The first-order chi connectivity index (χ1) is 17.2. The van der Waals surface area contributed by atoms with Crippen molar-refractivity contribution in [1.29, 1.82) is 0 Å². The van der Waals surface area contributed by atoms with Gasteiger partial charge in [-0.3, -0.25) is 14.4 Å². The summed E-state index contributed by atoms with van der Waals surface area (Å²) in [5, 5.41) is 3.50. The minimum absolute atomic E-state index is 0.0144. The molecule has 0 aromatic carbocycles. The highest BCUT2D eigenvalue weighted by atomic mass is 32.1. The van der Waals surface area contributed by atoms with E-state index >= 15 is 0 Å². The van der Waals surface area contributed by atoms with Gasteiger partial charge in [-0.2, -0.15) is 4.99 Å². The summed E-state index contributed by atoms with van der Waals surface area (Å²) in [7, 11) is 1.89. The van der Waals surface area contributed by atoms with E-state index < -0.39 is 29.8 Å². The largest absolute Gasteiger partial charge is 0.466 e. The molecule has 2 aliphatic rings. The smallest absolute Gasteiger partial charge is 0.328 e. The fourth-order valence-corrected chi connectivity index (χ4v) is 4.59. The number of carbonyl (C=O) groups excluding carboxylic acids is 4. The molecule has 2 atom stereocenters. The van der Waals surface area contributed by atoms with E-state index in [0.717, 1.165) is 10.6 Å². The summed E-state index contributed by atoms with van der Waals surface area (Å²) in [5.74, 6) is -1.71. The number of hydrogen-bond acceptors (Lipinski definition) is 9. The summed E-state index contributed by atoms with van der Waals surface area (Å²) in [6, 6.07) is 2.53. The number of nitrogens with one attached hydrogen (secondary N) is 1. The Morgan fingerprint density at radius 3 is 2.61 bits per heavy atom. The first-order valence-electron chi connectivity index (χ1n) is 11.7. The first kappa shape index (κ1) is 27.0. The van der Waals surface area contributed by atoms with Crippen molar-refractivity contribution in [3.05, 3.63) is 40.8 Å². The second-order valence-corrected chi connectivity index (χ2v) is 9.26. The Bertz CT molecular complexity index is 1150. The maximum atomic E-state index is 12.9. The monoisotopic (exact) mass is 514 g/mol. The van der Waals surface area contributed by atoms with Crippen LogP contribution in [0.5, 0.6) is 0 Å². The number of aliphatic imine (C=N–C) groups is 2. The highest BCUT2D eigenvalue weighted by Gasteiger charge is 2.28. The molecule has 0 saturated heterocycles. The number of likely N-dealkylation sites (N-methyl/N-ethyl adjacent to an activating group) is 1. The summed E-state index contributed by atoms with van der Waals surface area (Å²) >= 11 is 1.27. The van der Waals surface area contributed by atoms with Crippen molar-refractivity contribution in [2.75, 3.05) is 31.7 Å². The van der Waals surface area contributed by atoms with E-state index in [0.29, 0.717) is 23.0 Å². The molecule has 10 nitrogen and oxygen atoms in total. The van der Waals surface area contributed by atoms with Gasteiger partial charge in [0, 0.05) is 20.0 Å². The van der Waals surface area contributed by atoms with E-state index in [-0.39, 0.29) is 32.0 Å². The van der Waals surface area contributed by atoms with Crippen molar-refractivity contribution in [2.24, 2.45) is 15.9 Å².